The molecule has 0 unspecified atom stereocenters. The summed E-state index contributed by atoms with van der Waals surface area (Å²) in [6.07, 6.45) is 1.54. The van der Waals surface area contributed by atoms with E-state index in [4.69, 9.17) is 15.3 Å². The van der Waals surface area contributed by atoms with Crippen LogP contribution in [-0.2, 0) is 6.61 Å². The van der Waals surface area contributed by atoms with Crippen LogP contribution >= 0.6 is 15.9 Å². The van der Waals surface area contributed by atoms with E-state index in [-0.39, 0.29) is 0 Å². The lowest BCUT2D eigenvalue weighted by atomic mass is 10.2. The maximum atomic E-state index is 5.88. The molecule has 0 saturated carbocycles. The second-order valence-corrected chi connectivity index (χ2v) is 4.89. The van der Waals surface area contributed by atoms with Gasteiger partial charge in [-0.2, -0.15) is 5.10 Å². The van der Waals surface area contributed by atoms with Gasteiger partial charge in [0.15, 0.2) is 11.5 Å². The summed E-state index contributed by atoms with van der Waals surface area (Å²) in [5.74, 6) is 6.49. The number of hydrazone groups is 1. The summed E-state index contributed by atoms with van der Waals surface area (Å²) < 4.78 is 12.2. The lowest BCUT2D eigenvalue weighted by Gasteiger charge is -2.13. The van der Waals surface area contributed by atoms with Crippen LogP contribution in [-0.4, -0.2) is 13.3 Å². The first-order valence-corrected chi connectivity index (χ1v) is 6.82. The van der Waals surface area contributed by atoms with Crippen LogP contribution in [0, 0.1) is 0 Å². The lowest BCUT2D eigenvalue weighted by molar-refractivity contribution is 0.283. The topological polar surface area (TPSA) is 56.8 Å². The molecule has 2 aromatic rings. The standard InChI is InChI=1S/C15H15BrN2O2/c1-19-14-8-4-6-11(9-18-17)15(14)20-10-12-5-2-3-7-13(12)16/h2-9H,10,17H2,1H3. The molecule has 0 saturated heterocycles. The van der Waals surface area contributed by atoms with Gasteiger partial charge in [-0.3, -0.25) is 0 Å². The Bertz CT molecular complexity index is 615. The van der Waals surface area contributed by atoms with Crippen molar-refractivity contribution in [1.82, 2.24) is 0 Å². The van der Waals surface area contributed by atoms with Crippen molar-refractivity contribution in [2.75, 3.05) is 7.11 Å². The Hall–Kier alpha value is -2.01. The van der Waals surface area contributed by atoms with Crippen molar-refractivity contribution in [3.8, 4) is 11.5 Å². The zero-order chi connectivity index (χ0) is 14.4. The van der Waals surface area contributed by atoms with Gasteiger partial charge in [-0.05, 0) is 18.2 Å². The monoisotopic (exact) mass is 334 g/mol. The molecule has 5 heteroatoms. The van der Waals surface area contributed by atoms with Gasteiger partial charge >= 0.3 is 0 Å². The van der Waals surface area contributed by atoms with E-state index in [0.717, 1.165) is 15.6 Å². The summed E-state index contributed by atoms with van der Waals surface area (Å²) >= 11 is 3.50. The number of nitrogens with zero attached hydrogens (tertiary/aromatic N) is 1. The average molecular weight is 335 g/mol. The first-order chi connectivity index (χ1) is 9.76. The second kappa shape index (κ2) is 6.96. The van der Waals surface area contributed by atoms with Crippen molar-refractivity contribution in [3.05, 3.63) is 58.1 Å². The van der Waals surface area contributed by atoms with E-state index in [0.29, 0.717) is 18.1 Å². The number of rotatable bonds is 5. The first kappa shape index (κ1) is 14.4. The van der Waals surface area contributed by atoms with Crippen LogP contribution in [0.15, 0.2) is 52.0 Å². The lowest BCUT2D eigenvalue weighted by Crippen LogP contribution is -2.02. The fourth-order valence-electron chi connectivity index (χ4n) is 1.80. The fourth-order valence-corrected chi connectivity index (χ4v) is 2.19. The summed E-state index contributed by atoms with van der Waals surface area (Å²) in [6, 6.07) is 13.5. The largest absolute Gasteiger partial charge is 0.493 e. The highest BCUT2D eigenvalue weighted by Gasteiger charge is 2.10. The molecular weight excluding hydrogens is 320 g/mol. The third-order valence-electron chi connectivity index (χ3n) is 2.77. The summed E-state index contributed by atoms with van der Waals surface area (Å²) in [5.41, 5.74) is 1.83. The highest BCUT2D eigenvalue weighted by Crippen LogP contribution is 2.31. The molecule has 0 aliphatic rings. The van der Waals surface area contributed by atoms with E-state index in [2.05, 4.69) is 21.0 Å². The van der Waals surface area contributed by atoms with Crippen molar-refractivity contribution in [2.24, 2.45) is 10.9 Å². The molecule has 0 atom stereocenters. The Balaban J connectivity index is 2.26. The Morgan fingerprint density at radius 3 is 2.70 bits per heavy atom. The molecule has 20 heavy (non-hydrogen) atoms. The molecule has 0 aromatic heterocycles. The molecule has 0 amide bonds. The van der Waals surface area contributed by atoms with E-state index in [1.807, 2.05) is 42.5 Å². The van der Waals surface area contributed by atoms with Crippen molar-refractivity contribution >= 4 is 22.1 Å². The average Bonchev–Trinajstić information content (AvgIpc) is 2.47. The Labute approximate surface area is 126 Å². The molecule has 0 aliphatic heterocycles. The van der Waals surface area contributed by atoms with Crippen LogP contribution in [0.3, 0.4) is 0 Å². The zero-order valence-corrected chi connectivity index (χ0v) is 12.6. The Morgan fingerprint density at radius 1 is 1.20 bits per heavy atom. The van der Waals surface area contributed by atoms with Crippen molar-refractivity contribution in [3.63, 3.8) is 0 Å². The number of benzene rings is 2. The molecule has 4 nitrogen and oxygen atoms in total. The third kappa shape index (κ3) is 3.30. The predicted molar refractivity (Wildman–Crippen MR) is 83.2 cm³/mol. The SMILES string of the molecule is COc1cccc(C=NN)c1OCc1ccccc1Br. The maximum absolute atomic E-state index is 5.88. The van der Waals surface area contributed by atoms with Gasteiger partial charge in [0, 0.05) is 15.6 Å². The quantitative estimate of drug-likeness (QED) is 0.518. The number of methoxy groups -OCH3 is 1. The normalized spacial score (nSPS) is 10.7. The van der Waals surface area contributed by atoms with Gasteiger partial charge in [0.25, 0.3) is 0 Å². The summed E-state index contributed by atoms with van der Waals surface area (Å²) in [4.78, 5) is 0. The smallest absolute Gasteiger partial charge is 0.170 e. The van der Waals surface area contributed by atoms with Crippen molar-refractivity contribution < 1.29 is 9.47 Å². The highest BCUT2D eigenvalue weighted by atomic mass is 79.9. The van der Waals surface area contributed by atoms with Gasteiger partial charge in [0.05, 0.1) is 13.3 Å². The van der Waals surface area contributed by atoms with Crippen LogP contribution in [0.5, 0.6) is 11.5 Å². The van der Waals surface area contributed by atoms with Gasteiger partial charge in [-0.1, -0.05) is 40.2 Å². The summed E-state index contributed by atoms with van der Waals surface area (Å²) in [6.45, 7) is 0.424. The third-order valence-corrected chi connectivity index (χ3v) is 3.55. The summed E-state index contributed by atoms with van der Waals surface area (Å²) in [5, 5.41) is 3.54. The van der Waals surface area contributed by atoms with Gasteiger partial charge < -0.3 is 15.3 Å². The Kier molecular flexibility index (Phi) is 5.01. The molecule has 104 valence electrons. The molecule has 0 fully saturated rings. The molecule has 0 bridgehead atoms. The minimum Gasteiger partial charge on any atom is -0.493 e. The second-order valence-electron chi connectivity index (χ2n) is 4.04. The number of hydrogen-bond acceptors (Lipinski definition) is 4. The maximum Gasteiger partial charge on any atom is 0.170 e. The molecule has 0 spiro atoms. The molecule has 2 N–H and O–H groups in total. The fraction of sp³-hybridized carbons (Fsp3) is 0.133. The van der Waals surface area contributed by atoms with E-state index in [1.54, 1.807) is 7.11 Å². The molecular formula is C15H15BrN2O2. The van der Waals surface area contributed by atoms with E-state index >= 15 is 0 Å². The number of para-hydroxylation sites is 1. The van der Waals surface area contributed by atoms with Crippen LogP contribution in [0.4, 0.5) is 0 Å². The molecule has 2 aromatic carbocycles. The van der Waals surface area contributed by atoms with Crippen LogP contribution < -0.4 is 15.3 Å². The molecule has 0 aliphatic carbocycles. The molecule has 2 rings (SSSR count). The van der Waals surface area contributed by atoms with Crippen molar-refractivity contribution in [2.45, 2.75) is 6.61 Å². The van der Waals surface area contributed by atoms with Crippen molar-refractivity contribution in [1.29, 1.82) is 0 Å². The van der Waals surface area contributed by atoms with Gasteiger partial charge in [0.2, 0.25) is 0 Å². The minimum atomic E-state index is 0.424. The zero-order valence-electron chi connectivity index (χ0n) is 11.0. The van der Waals surface area contributed by atoms with E-state index in [1.165, 1.54) is 6.21 Å². The van der Waals surface area contributed by atoms with Gasteiger partial charge in [-0.15, -0.1) is 0 Å². The number of hydrogen-bond donors (Lipinski definition) is 1. The molecule has 0 radical (unpaired) electrons. The first-order valence-electron chi connectivity index (χ1n) is 6.02. The highest BCUT2D eigenvalue weighted by molar-refractivity contribution is 9.10. The van der Waals surface area contributed by atoms with Gasteiger partial charge in [0.1, 0.15) is 6.61 Å². The number of ether oxygens (including phenoxy) is 2. The predicted octanol–water partition coefficient (Wildman–Crippen LogP) is 3.33. The Morgan fingerprint density at radius 2 is 2.00 bits per heavy atom. The molecule has 0 heterocycles. The van der Waals surface area contributed by atoms with E-state index in [9.17, 15) is 0 Å². The minimum absolute atomic E-state index is 0.424. The van der Waals surface area contributed by atoms with Gasteiger partial charge in [-0.25, -0.2) is 0 Å². The van der Waals surface area contributed by atoms with Crippen LogP contribution in [0.2, 0.25) is 0 Å². The number of halogens is 1. The van der Waals surface area contributed by atoms with E-state index < -0.39 is 0 Å². The number of nitrogens with two attached hydrogens (primary N) is 1. The van der Waals surface area contributed by atoms with Crippen LogP contribution in [0.1, 0.15) is 11.1 Å². The summed E-state index contributed by atoms with van der Waals surface area (Å²) in [7, 11) is 1.60. The van der Waals surface area contributed by atoms with Crippen LogP contribution in [0.25, 0.3) is 0 Å².